The molecule has 0 radical (unpaired) electrons. The zero-order chi connectivity index (χ0) is 10.1. The molecule has 1 aromatic carbocycles. The van der Waals surface area contributed by atoms with E-state index in [1.807, 2.05) is 0 Å². The van der Waals surface area contributed by atoms with Gasteiger partial charge in [0.1, 0.15) is 11.3 Å². The number of benzene rings is 1. The maximum atomic E-state index is 9.30. The first-order valence-electron chi connectivity index (χ1n) is 4.24. The third kappa shape index (κ3) is 1.20. The summed E-state index contributed by atoms with van der Waals surface area (Å²) in [5.74, 6) is 1.37. The Labute approximate surface area is 80.9 Å². The number of furan rings is 1. The van der Waals surface area contributed by atoms with Gasteiger partial charge in [0.05, 0.1) is 19.0 Å². The number of hydrogen-bond donors (Lipinski definition) is 2. The van der Waals surface area contributed by atoms with Crippen molar-refractivity contribution in [1.29, 1.82) is 0 Å². The average Bonchev–Trinajstić information content (AvgIpc) is 2.54. The van der Waals surface area contributed by atoms with Gasteiger partial charge in [-0.05, 0) is 18.2 Å². The molecule has 2 aromatic rings. The zero-order valence-corrected chi connectivity index (χ0v) is 7.78. The van der Waals surface area contributed by atoms with Crippen molar-refractivity contribution in [3.8, 4) is 11.5 Å². The lowest BCUT2D eigenvalue weighted by atomic mass is 10.2. The van der Waals surface area contributed by atoms with Crippen LogP contribution in [0.15, 0.2) is 22.6 Å². The molecule has 0 aliphatic heterocycles. The second-order valence-electron chi connectivity index (χ2n) is 2.94. The van der Waals surface area contributed by atoms with Crippen LogP contribution in [0.2, 0.25) is 0 Å². The highest BCUT2D eigenvalue weighted by atomic mass is 16.5. The van der Waals surface area contributed by atoms with Crippen molar-refractivity contribution < 1.29 is 14.3 Å². The van der Waals surface area contributed by atoms with Crippen molar-refractivity contribution in [2.75, 3.05) is 7.11 Å². The number of fused-ring (bicyclic) bond motifs is 1. The monoisotopic (exact) mass is 193 g/mol. The van der Waals surface area contributed by atoms with Crippen LogP contribution < -0.4 is 10.5 Å². The number of nitrogens with two attached hydrogens (primary N) is 1. The van der Waals surface area contributed by atoms with Crippen LogP contribution in [0.25, 0.3) is 11.0 Å². The Morgan fingerprint density at radius 2 is 2.29 bits per heavy atom. The molecule has 0 aliphatic carbocycles. The van der Waals surface area contributed by atoms with Gasteiger partial charge in [0.15, 0.2) is 11.5 Å². The summed E-state index contributed by atoms with van der Waals surface area (Å²) in [5, 5.41) is 10.0. The first-order chi connectivity index (χ1) is 6.76. The molecule has 2 rings (SSSR count). The Kier molecular flexibility index (Phi) is 2.05. The summed E-state index contributed by atoms with van der Waals surface area (Å²) in [6, 6.07) is 4.84. The smallest absolute Gasteiger partial charge is 0.169 e. The Hall–Kier alpha value is -1.68. The van der Waals surface area contributed by atoms with Gasteiger partial charge in [0.2, 0.25) is 0 Å². The standard InChI is InChI=1S/C10H11NO3/c1-13-10-7-4-6(12)2-3-8(7)14-9(10)5-11/h2-4,12H,5,11H2,1H3. The maximum Gasteiger partial charge on any atom is 0.169 e. The van der Waals surface area contributed by atoms with Gasteiger partial charge in [-0.3, -0.25) is 0 Å². The minimum absolute atomic E-state index is 0.181. The molecule has 4 nitrogen and oxygen atoms in total. The van der Waals surface area contributed by atoms with Crippen LogP contribution in [0.3, 0.4) is 0 Å². The second-order valence-corrected chi connectivity index (χ2v) is 2.94. The Morgan fingerprint density at radius 1 is 1.50 bits per heavy atom. The molecule has 0 bridgehead atoms. The first kappa shape index (κ1) is 8.90. The van der Waals surface area contributed by atoms with Crippen LogP contribution >= 0.6 is 0 Å². The van der Waals surface area contributed by atoms with E-state index in [-0.39, 0.29) is 12.3 Å². The highest BCUT2D eigenvalue weighted by molar-refractivity contribution is 5.86. The van der Waals surface area contributed by atoms with E-state index in [2.05, 4.69) is 0 Å². The molecule has 74 valence electrons. The van der Waals surface area contributed by atoms with Crippen LogP contribution in [0, 0.1) is 0 Å². The summed E-state index contributed by atoms with van der Waals surface area (Å²) in [6.07, 6.45) is 0. The van der Waals surface area contributed by atoms with Gasteiger partial charge in [-0.25, -0.2) is 0 Å². The van der Waals surface area contributed by atoms with Crippen molar-refractivity contribution >= 4 is 11.0 Å². The number of phenolic OH excluding ortho intramolecular Hbond substituents is 1. The highest BCUT2D eigenvalue weighted by Gasteiger charge is 2.13. The van der Waals surface area contributed by atoms with Crippen molar-refractivity contribution in [1.82, 2.24) is 0 Å². The molecule has 0 saturated carbocycles. The number of rotatable bonds is 2. The van der Waals surface area contributed by atoms with Crippen LogP contribution in [0.5, 0.6) is 11.5 Å². The number of phenols is 1. The van der Waals surface area contributed by atoms with Gasteiger partial charge in [-0.15, -0.1) is 0 Å². The van der Waals surface area contributed by atoms with E-state index in [9.17, 15) is 5.11 Å². The lowest BCUT2D eigenvalue weighted by Crippen LogP contribution is -1.96. The molecule has 0 saturated heterocycles. The van der Waals surface area contributed by atoms with E-state index in [0.717, 1.165) is 5.39 Å². The molecular formula is C10H11NO3. The molecule has 0 fully saturated rings. The maximum absolute atomic E-state index is 9.30. The molecular weight excluding hydrogens is 182 g/mol. The van der Waals surface area contributed by atoms with E-state index < -0.39 is 0 Å². The second kappa shape index (κ2) is 3.23. The normalized spacial score (nSPS) is 10.7. The summed E-state index contributed by atoms with van der Waals surface area (Å²) < 4.78 is 10.6. The van der Waals surface area contributed by atoms with E-state index in [4.69, 9.17) is 14.9 Å². The summed E-state index contributed by atoms with van der Waals surface area (Å²) >= 11 is 0. The average molecular weight is 193 g/mol. The molecule has 4 heteroatoms. The first-order valence-corrected chi connectivity index (χ1v) is 4.24. The minimum Gasteiger partial charge on any atom is -0.508 e. The summed E-state index contributed by atoms with van der Waals surface area (Å²) in [5.41, 5.74) is 6.16. The van der Waals surface area contributed by atoms with Gasteiger partial charge in [0, 0.05) is 0 Å². The van der Waals surface area contributed by atoms with Crippen LogP contribution in [-0.4, -0.2) is 12.2 Å². The molecule has 0 atom stereocenters. The number of hydrogen-bond acceptors (Lipinski definition) is 4. The third-order valence-electron chi connectivity index (χ3n) is 2.08. The predicted octanol–water partition coefficient (Wildman–Crippen LogP) is 1.61. The van der Waals surface area contributed by atoms with Gasteiger partial charge < -0.3 is 20.0 Å². The van der Waals surface area contributed by atoms with E-state index in [1.165, 1.54) is 0 Å². The molecule has 1 aromatic heterocycles. The molecule has 0 amide bonds. The molecule has 14 heavy (non-hydrogen) atoms. The van der Waals surface area contributed by atoms with Crippen LogP contribution in [-0.2, 0) is 6.54 Å². The Balaban J connectivity index is 2.74. The topological polar surface area (TPSA) is 68.6 Å². The Morgan fingerprint density at radius 3 is 2.93 bits per heavy atom. The van der Waals surface area contributed by atoms with Gasteiger partial charge >= 0.3 is 0 Å². The van der Waals surface area contributed by atoms with Gasteiger partial charge in [0.25, 0.3) is 0 Å². The molecule has 0 aliphatic rings. The number of ether oxygens (including phenoxy) is 1. The summed E-state index contributed by atoms with van der Waals surface area (Å²) in [4.78, 5) is 0. The van der Waals surface area contributed by atoms with Gasteiger partial charge in [-0.1, -0.05) is 0 Å². The van der Waals surface area contributed by atoms with Crippen molar-refractivity contribution in [2.24, 2.45) is 5.73 Å². The highest BCUT2D eigenvalue weighted by Crippen LogP contribution is 2.34. The van der Waals surface area contributed by atoms with Crippen molar-refractivity contribution in [3.63, 3.8) is 0 Å². The number of methoxy groups -OCH3 is 1. The third-order valence-corrected chi connectivity index (χ3v) is 2.08. The lowest BCUT2D eigenvalue weighted by molar-refractivity contribution is 0.397. The van der Waals surface area contributed by atoms with Gasteiger partial charge in [-0.2, -0.15) is 0 Å². The summed E-state index contributed by atoms with van der Waals surface area (Å²) in [6.45, 7) is 0.276. The fraction of sp³-hybridized carbons (Fsp3) is 0.200. The fourth-order valence-electron chi connectivity index (χ4n) is 1.47. The van der Waals surface area contributed by atoms with Crippen molar-refractivity contribution in [3.05, 3.63) is 24.0 Å². The minimum atomic E-state index is 0.181. The molecule has 3 N–H and O–H groups in total. The molecule has 1 heterocycles. The zero-order valence-electron chi connectivity index (χ0n) is 7.78. The molecule has 0 unspecified atom stereocenters. The fourth-order valence-corrected chi connectivity index (χ4v) is 1.47. The predicted molar refractivity (Wildman–Crippen MR) is 52.3 cm³/mol. The number of aromatic hydroxyl groups is 1. The summed E-state index contributed by atoms with van der Waals surface area (Å²) in [7, 11) is 1.55. The molecule has 0 spiro atoms. The van der Waals surface area contributed by atoms with Crippen molar-refractivity contribution in [2.45, 2.75) is 6.54 Å². The largest absolute Gasteiger partial charge is 0.508 e. The lowest BCUT2D eigenvalue weighted by Gasteiger charge is -1.97. The van der Waals surface area contributed by atoms with E-state index in [1.54, 1.807) is 25.3 Å². The quantitative estimate of drug-likeness (QED) is 0.760. The van der Waals surface area contributed by atoms with Crippen LogP contribution in [0.4, 0.5) is 0 Å². The SMILES string of the molecule is COc1c(CN)oc2ccc(O)cc12. The van der Waals surface area contributed by atoms with E-state index >= 15 is 0 Å². The Bertz CT molecular complexity index is 462. The van der Waals surface area contributed by atoms with Crippen LogP contribution in [0.1, 0.15) is 5.76 Å². The van der Waals surface area contributed by atoms with E-state index in [0.29, 0.717) is 17.1 Å².